The predicted octanol–water partition coefficient (Wildman–Crippen LogP) is 0.376. The number of nitrogens with zero attached hydrogens (tertiary/aromatic N) is 2. The molecule has 1 aliphatic heterocycles. The third kappa shape index (κ3) is 1.36. The third-order valence-electron chi connectivity index (χ3n) is 0.872. The second kappa shape index (κ2) is 2.28. The van der Waals surface area contributed by atoms with Crippen molar-refractivity contribution in [3.05, 3.63) is 11.1 Å². The number of aliphatic hydroxyl groups is 1. The molecule has 0 atom stereocenters. The first kappa shape index (κ1) is 6.44. The fraction of sp³-hybridized carbons (Fsp3) is 0.250. The van der Waals surface area contributed by atoms with E-state index < -0.39 is 6.02 Å². The molecule has 50 valence electrons. The zero-order chi connectivity index (χ0) is 6.85. The van der Waals surface area contributed by atoms with Gasteiger partial charge in [-0.25, -0.2) is 10.1 Å². The minimum absolute atomic E-state index is 0.193. The molecule has 0 amide bonds. The van der Waals surface area contributed by atoms with E-state index in [9.17, 15) is 0 Å². The van der Waals surface area contributed by atoms with Crippen LogP contribution in [-0.2, 0) is 0 Å². The van der Waals surface area contributed by atoms with Crippen molar-refractivity contribution in [1.82, 2.24) is 5.06 Å². The Morgan fingerprint density at radius 2 is 2.44 bits per heavy atom. The maximum atomic E-state index is 8.71. The van der Waals surface area contributed by atoms with E-state index in [0.717, 1.165) is 0 Å². The van der Waals surface area contributed by atoms with Crippen LogP contribution >= 0.6 is 12.6 Å². The lowest BCUT2D eigenvalue weighted by Crippen LogP contribution is -2.30. The number of hydroxylamine groups is 2. The Balaban J connectivity index is 2.74. The summed E-state index contributed by atoms with van der Waals surface area (Å²) in [6.07, 6.45) is 1.38. The second-order valence-electron chi connectivity index (χ2n) is 1.61. The molecule has 0 fully saturated rings. The number of thiol groups is 1. The second-order valence-corrected chi connectivity index (χ2v) is 2.18. The highest BCUT2D eigenvalue weighted by Gasteiger charge is 2.10. The summed E-state index contributed by atoms with van der Waals surface area (Å²) in [5, 5.41) is 18.0. The van der Waals surface area contributed by atoms with Gasteiger partial charge in [-0.05, 0) is 0 Å². The first-order valence-corrected chi connectivity index (χ1v) is 2.76. The molecule has 0 unspecified atom stereocenters. The van der Waals surface area contributed by atoms with E-state index in [1.54, 1.807) is 0 Å². The molecule has 5 heteroatoms. The molecule has 0 saturated heterocycles. The van der Waals surface area contributed by atoms with Crippen molar-refractivity contribution in [2.45, 2.75) is 0 Å². The van der Waals surface area contributed by atoms with E-state index in [1.807, 2.05) is 0 Å². The molecule has 1 aliphatic rings. The van der Waals surface area contributed by atoms with Crippen molar-refractivity contribution in [1.29, 1.82) is 0 Å². The van der Waals surface area contributed by atoms with Crippen molar-refractivity contribution in [2.24, 2.45) is 4.99 Å². The zero-order valence-electron chi connectivity index (χ0n) is 4.52. The highest BCUT2D eigenvalue weighted by Crippen LogP contribution is 2.07. The average Bonchev–Trinajstić information content (AvgIpc) is 1.80. The molecule has 9 heavy (non-hydrogen) atoms. The molecule has 0 aliphatic carbocycles. The summed E-state index contributed by atoms with van der Waals surface area (Å²) < 4.78 is 0. The number of hydrogen-bond donors (Lipinski definition) is 3. The van der Waals surface area contributed by atoms with Gasteiger partial charge in [-0.3, -0.25) is 5.21 Å². The first-order chi connectivity index (χ1) is 4.20. The van der Waals surface area contributed by atoms with Crippen LogP contribution in [0.3, 0.4) is 0 Å². The smallest absolute Gasteiger partial charge is 0.314 e. The summed E-state index contributed by atoms with van der Waals surface area (Å²) in [5.74, 6) is 0. The van der Waals surface area contributed by atoms with Crippen LogP contribution in [0.25, 0.3) is 0 Å². The quantitative estimate of drug-likeness (QED) is 0.433. The normalized spacial score (nSPS) is 19.1. The lowest BCUT2D eigenvalue weighted by Gasteiger charge is -2.15. The average molecular weight is 146 g/mol. The molecule has 2 N–H and O–H groups in total. The van der Waals surface area contributed by atoms with Crippen molar-refractivity contribution in [3.8, 4) is 0 Å². The Hall–Kier alpha value is -0.680. The summed E-state index contributed by atoms with van der Waals surface area (Å²) in [5.41, 5.74) is 0. The summed E-state index contributed by atoms with van der Waals surface area (Å²) >= 11 is 3.90. The Bertz CT molecular complexity index is 177. The summed E-state index contributed by atoms with van der Waals surface area (Å²) in [4.78, 5) is 4.01. The van der Waals surface area contributed by atoms with Crippen LogP contribution in [-0.4, -0.2) is 27.9 Å². The van der Waals surface area contributed by atoms with Gasteiger partial charge in [0, 0.05) is 11.1 Å². The Labute approximate surface area is 57.5 Å². The van der Waals surface area contributed by atoms with E-state index >= 15 is 0 Å². The topological polar surface area (TPSA) is 56.1 Å². The predicted molar refractivity (Wildman–Crippen MR) is 35.6 cm³/mol. The van der Waals surface area contributed by atoms with Crippen molar-refractivity contribution in [2.75, 3.05) is 6.54 Å². The van der Waals surface area contributed by atoms with Gasteiger partial charge in [-0.15, -0.1) is 12.6 Å². The molecule has 0 aromatic rings. The van der Waals surface area contributed by atoms with Crippen LogP contribution < -0.4 is 0 Å². The largest absolute Gasteiger partial charge is 0.479 e. The number of amidine groups is 1. The molecule has 0 bridgehead atoms. The maximum Gasteiger partial charge on any atom is 0.314 e. The van der Waals surface area contributed by atoms with Gasteiger partial charge in [-0.2, -0.15) is 0 Å². The fourth-order valence-electron chi connectivity index (χ4n) is 0.464. The maximum absolute atomic E-state index is 8.71. The van der Waals surface area contributed by atoms with E-state index in [0.29, 0.717) is 9.97 Å². The lowest BCUT2D eigenvalue weighted by molar-refractivity contribution is -0.0243. The Morgan fingerprint density at radius 3 is 2.89 bits per heavy atom. The van der Waals surface area contributed by atoms with E-state index in [2.05, 4.69) is 17.6 Å². The van der Waals surface area contributed by atoms with E-state index in [-0.39, 0.29) is 6.54 Å². The fourth-order valence-corrected chi connectivity index (χ4v) is 0.656. The van der Waals surface area contributed by atoms with Crippen molar-refractivity contribution >= 4 is 18.7 Å². The minimum Gasteiger partial charge on any atom is -0.479 e. The van der Waals surface area contributed by atoms with Gasteiger partial charge in [0.25, 0.3) is 0 Å². The van der Waals surface area contributed by atoms with Crippen LogP contribution in [0.5, 0.6) is 0 Å². The molecule has 1 heterocycles. The van der Waals surface area contributed by atoms with Gasteiger partial charge in [0.2, 0.25) is 0 Å². The van der Waals surface area contributed by atoms with Crippen LogP contribution in [0.2, 0.25) is 0 Å². The number of aliphatic imine (C=N–C) groups is 1. The summed E-state index contributed by atoms with van der Waals surface area (Å²) in [7, 11) is 0. The van der Waals surface area contributed by atoms with Gasteiger partial charge in [0.15, 0.2) is 0 Å². The molecular formula is C4H6N2O2S. The molecule has 0 aromatic heterocycles. The SMILES string of the molecule is OC1=NC=C(S)CN1O. The van der Waals surface area contributed by atoms with Gasteiger partial charge in [0.05, 0.1) is 6.54 Å². The molecule has 4 nitrogen and oxygen atoms in total. The molecular weight excluding hydrogens is 140 g/mol. The zero-order valence-corrected chi connectivity index (χ0v) is 5.41. The van der Waals surface area contributed by atoms with Crippen LogP contribution in [0.15, 0.2) is 16.1 Å². The van der Waals surface area contributed by atoms with Gasteiger partial charge < -0.3 is 5.11 Å². The highest BCUT2D eigenvalue weighted by molar-refractivity contribution is 7.84. The monoisotopic (exact) mass is 146 g/mol. The molecule has 1 rings (SSSR count). The molecule has 0 saturated carbocycles. The molecule has 0 spiro atoms. The Kier molecular flexibility index (Phi) is 1.63. The molecule has 0 radical (unpaired) electrons. The van der Waals surface area contributed by atoms with Crippen LogP contribution in [0.1, 0.15) is 0 Å². The van der Waals surface area contributed by atoms with Crippen molar-refractivity contribution in [3.63, 3.8) is 0 Å². The van der Waals surface area contributed by atoms with Gasteiger partial charge >= 0.3 is 6.02 Å². The first-order valence-electron chi connectivity index (χ1n) is 2.31. The molecule has 0 aromatic carbocycles. The number of hydrogen-bond acceptors (Lipinski definition) is 4. The van der Waals surface area contributed by atoms with Gasteiger partial charge in [-0.1, -0.05) is 0 Å². The number of aliphatic hydroxyl groups excluding tert-OH is 1. The Morgan fingerprint density at radius 1 is 1.78 bits per heavy atom. The van der Waals surface area contributed by atoms with Crippen LogP contribution in [0, 0.1) is 0 Å². The van der Waals surface area contributed by atoms with E-state index in [4.69, 9.17) is 10.3 Å². The van der Waals surface area contributed by atoms with E-state index in [1.165, 1.54) is 6.20 Å². The standard InChI is InChI=1S/C4H6N2O2S/c7-4-5-1-3(9)2-6(4)8/h1,8-9H,2H2,(H,5,7). The van der Waals surface area contributed by atoms with Crippen LogP contribution in [0.4, 0.5) is 0 Å². The summed E-state index contributed by atoms with van der Waals surface area (Å²) in [6, 6.07) is -0.396. The van der Waals surface area contributed by atoms with Crippen molar-refractivity contribution < 1.29 is 10.3 Å². The van der Waals surface area contributed by atoms with Gasteiger partial charge in [0.1, 0.15) is 0 Å². The lowest BCUT2D eigenvalue weighted by atomic mass is 10.5. The minimum atomic E-state index is -0.396. The number of rotatable bonds is 0. The highest BCUT2D eigenvalue weighted by atomic mass is 32.1. The summed E-state index contributed by atoms with van der Waals surface area (Å²) in [6.45, 7) is 0.193. The third-order valence-corrected chi connectivity index (χ3v) is 1.13.